The van der Waals surface area contributed by atoms with E-state index in [4.69, 9.17) is 4.74 Å². The zero-order chi connectivity index (χ0) is 12.0. The summed E-state index contributed by atoms with van der Waals surface area (Å²) < 4.78 is 4.95. The van der Waals surface area contributed by atoms with E-state index in [1.807, 2.05) is 6.07 Å². The molecule has 16 heavy (non-hydrogen) atoms. The Bertz CT molecular complexity index is 350. The van der Waals surface area contributed by atoms with Gasteiger partial charge in [0.05, 0.1) is 6.54 Å². The van der Waals surface area contributed by atoms with Crippen molar-refractivity contribution in [2.75, 3.05) is 24.6 Å². The molecule has 0 N–H and O–H groups in total. The second-order valence-electron chi connectivity index (χ2n) is 3.76. The van der Waals surface area contributed by atoms with Gasteiger partial charge in [-0.15, -0.1) is 0 Å². The summed E-state index contributed by atoms with van der Waals surface area (Å²) in [5.41, 5.74) is 2.41. The molecule has 0 spiro atoms. The van der Waals surface area contributed by atoms with Gasteiger partial charge in [-0.25, -0.2) is 0 Å². The Kier molecular flexibility index (Phi) is 4.83. The summed E-state index contributed by atoms with van der Waals surface area (Å²) in [4.78, 5) is 12.9. The fourth-order valence-corrected chi connectivity index (χ4v) is 1.59. The maximum Gasteiger partial charge on any atom is 0.302 e. The lowest BCUT2D eigenvalue weighted by Gasteiger charge is -2.23. The highest BCUT2D eigenvalue weighted by Crippen LogP contribution is 2.15. The molecule has 0 saturated heterocycles. The fourth-order valence-electron chi connectivity index (χ4n) is 1.59. The van der Waals surface area contributed by atoms with Gasteiger partial charge in [0.15, 0.2) is 0 Å². The molecular formula is C13H19NO2. The molecule has 0 aliphatic rings. The Labute approximate surface area is 97.0 Å². The van der Waals surface area contributed by atoms with Crippen LogP contribution in [0.15, 0.2) is 24.3 Å². The summed E-state index contributed by atoms with van der Waals surface area (Å²) in [5, 5.41) is 0. The summed E-state index contributed by atoms with van der Waals surface area (Å²) in [6, 6.07) is 8.32. The zero-order valence-electron chi connectivity index (χ0n) is 10.2. The van der Waals surface area contributed by atoms with Crippen LogP contribution in [-0.4, -0.2) is 25.7 Å². The van der Waals surface area contributed by atoms with Gasteiger partial charge >= 0.3 is 5.97 Å². The molecule has 0 radical (unpaired) electrons. The van der Waals surface area contributed by atoms with E-state index >= 15 is 0 Å². The summed E-state index contributed by atoms with van der Waals surface area (Å²) >= 11 is 0. The smallest absolute Gasteiger partial charge is 0.302 e. The van der Waals surface area contributed by atoms with E-state index in [1.54, 1.807) is 0 Å². The Morgan fingerprint density at radius 1 is 1.44 bits per heavy atom. The molecule has 0 amide bonds. The van der Waals surface area contributed by atoms with Gasteiger partial charge in [0, 0.05) is 19.2 Å². The van der Waals surface area contributed by atoms with E-state index in [0.717, 1.165) is 13.1 Å². The number of aryl methyl sites for hydroxylation is 1. The molecule has 0 aliphatic carbocycles. The van der Waals surface area contributed by atoms with Crippen LogP contribution in [0.5, 0.6) is 0 Å². The molecule has 0 fully saturated rings. The molecule has 1 aromatic rings. The first-order valence-electron chi connectivity index (χ1n) is 5.58. The van der Waals surface area contributed by atoms with Gasteiger partial charge in [0.2, 0.25) is 0 Å². The van der Waals surface area contributed by atoms with Crippen molar-refractivity contribution in [3.8, 4) is 0 Å². The van der Waals surface area contributed by atoms with E-state index in [-0.39, 0.29) is 5.97 Å². The maximum absolute atomic E-state index is 10.7. The quantitative estimate of drug-likeness (QED) is 0.715. The number of ether oxygens (including phenoxy) is 1. The molecule has 3 heteroatoms. The highest BCUT2D eigenvalue weighted by atomic mass is 16.5. The minimum atomic E-state index is -0.222. The van der Waals surface area contributed by atoms with Crippen molar-refractivity contribution < 1.29 is 9.53 Å². The highest BCUT2D eigenvalue weighted by Gasteiger charge is 2.04. The number of hydrogen-bond acceptors (Lipinski definition) is 3. The van der Waals surface area contributed by atoms with Crippen molar-refractivity contribution in [2.45, 2.75) is 20.8 Å². The number of carbonyl (C=O) groups excluding carboxylic acids is 1. The number of esters is 1. The van der Waals surface area contributed by atoms with E-state index in [9.17, 15) is 4.79 Å². The Morgan fingerprint density at radius 2 is 2.19 bits per heavy atom. The first-order valence-corrected chi connectivity index (χ1v) is 5.58. The Balaban J connectivity index is 2.57. The van der Waals surface area contributed by atoms with Gasteiger partial charge < -0.3 is 9.64 Å². The van der Waals surface area contributed by atoms with Crippen LogP contribution in [0.4, 0.5) is 5.69 Å². The first-order chi connectivity index (χ1) is 7.63. The molecule has 0 atom stereocenters. The second kappa shape index (κ2) is 6.16. The average molecular weight is 221 g/mol. The van der Waals surface area contributed by atoms with Crippen molar-refractivity contribution in [1.29, 1.82) is 0 Å². The largest absolute Gasteiger partial charge is 0.464 e. The topological polar surface area (TPSA) is 29.5 Å². The molecule has 1 aromatic carbocycles. The summed E-state index contributed by atoms with van der Waals surface area (Å²) in [6.45, 7) is 7.68. The normalized spacial score (nSPS) is 9.94. The van der Waals surface area contributed by atoms with Gasteiger partial charge in [0.1, 0.15) is 6.61 Å². The predicted molar refractivity (Wildman–Crippen MR) is 65.7 cm³/mol. The average Bonchev–Trinajstić information content (AvgIpc) is 2.24. The minimum Gasteiger partial charge on any atom is -0.464 e. The molecule has 0 aliphatic heterocycles. The lowest BCUT2D eigenvalue weighted by Crippen LogP contribution is -2.27. The number of carbonyl (C=O) groups is 1. The van der Waals surface area contributed by atoms with Crippen LogP contribution < -0.4 is 4.90 Å². The van der Waals surface area contributed by atoms with Crippen molar-refractivity contribution in [3.05, 3.63) is 29.8 Å². The third-order valence-corrected chi connectivity index (χ3v) is 2.42. The van der Waals surface area contributed by atoms with E-state index < -0.39 is 0 Å². The SMILES string of the molecule is CCN(CCOC(C)=O)c1cccc(C)c1. The molecule has 0 aromatic heterocycles. The molecule has 0 unspecified atom stereocenters. The molecule has 1 rings (SSSR count). The lowest BCUT2D eigenvalue weighted by molar-refractivity contribution is -0.140. The monoisotopic (exact) mass is 221 g/mol. The molecule has 3 nitrogen and oxygen atoms in total. The van der Waals surface area contributed by atoms with Gasteiger partial charge in [0.25, 0.3) is 0 Å². The van der Waals surface area contributed by atoms with Gasteiger partial charge in [-0.2, -0.15) is 0 Å². The lowest BCUT2D eigenvalue weighted by atomic mass is 10.2. The van der Waals surface area contributed by atoms with Crippen molar-refractivity contribution >= 4 is 11.7 Å². The molecular weight excluding hydrogens is 202 g/mol. The molecule has 0 bridgehead atoms. The summed E-state index contributed by atoms with van der Waals surface area (Å²) in [6.07, 6.45) is 0. The zero-order valence-corrected chi connectivity index (χ0v) is 10.2. The fraction of sp³-hybridized carbons (Fsp3) is 0.462. The van der Waals surface area contributed by atoms with Crippen molar-refractivity contribution in [3.63, 3.8) is 0 Å². The van der Waals surface area contributed by atoms with Gasteiger partial charge in [-0.05, 0) is 31.5 Å². The third-order valence-electron chi connectivity index (χ3n) is 2.42. The second-order valence-corrected chi connectivity index (χ2v) is 3.76. The summed E-state index contributed by atoms with van der Waals surface area (Å²) in [5.74, 6) is -0.222. The molecule has 0 heterocycles. The van der Waals surface area contributed by atoms with Crippen LogP contribution in [-0.2, 0) is 9.53 Å². The number of likely N-dealkylation sites (N-methyl/N-ethyl adjacent to an activating group) is 1. The number of nitrogens with zero attached hydrogens (tertiary/aromatic N) is 1. The third kappa shape index (κ3) is 3.93. The summed E-state index contributed by atoms with van der Waals surface area (Å²) in [7, 11) is 0. The van der Waals surface area contributed by atoms with Gasteiger partial charge in [-0.1, -0.05) is 12.1 Å². The number of benzene rings is 1. The first kappa shape index (κ1) is 12.6. The van der Waals surface area contributed by atoms with Crippen LogP contribution >= 0.6 is 0 Å². The van der Waals surface area contributed by atoms with Crippen molar-refractivity contribution in [2.24, 2.45) is 0 Å². The minimum absolute atomic E-state index is 0.222. The van der Waals surface area contributed by atoms with Crippen LogP contribution in [0, 0.1) is 6.92 Å². The van der Waals surface area contributed by atoms with E-state index in [2.05, 4.69) is 36.9 Å². The highest BCUT2D eigenvalue weighted by molar-refractivity contribution is 5.65. The number of anilines is 1. The predicted octanol–water partition coefficient (Wildman–Crippen LogP) is 2.38. The van der Waals surface area contributed by atoms with Crippen LogP contribution in [0.1, 0.15) is 19.4 Å². The number of rotatable bonds is 5. The Morgan fingerprint density at radius 3 is 2.75 bits per heavy atom. The maximum atomic E-state index is 10.7. The van der Waals surface area contributed by atoms with E-state index in [1.165, 1.54) is 18.2 Å². The Hall–Kier alpha value is -1.51. The van der Waals surface area contributed by atoms with Crippen LogP contribution in [0.3, 0.4) is 0 Å². The molecule has 88 valence electrons. The molecule has 0 saturated carbocycles. The van der Waals surface area contributed by atoms with Crippen LogP contribution in [0.2, 0.25) is 0 Å². The number of hydrogen-bond donors (Lipinski definition) is 0. The standard InChI is InChI=1S/C13H19NO2/c1-4-14(8-9-16-12(3)15)13-7-5-6-11(2)10-13/h5-7,10H,4,8-9H2,1-3H3. The van der Waals surface area contributed by atoms with Crippen molar-refractivity contribution in [1.82, 2.24) is 0 Å². The van der Waals surface area contributed by atoms with Crippen LogP contribution in [0.25, 0.3) is 0 Å². The van der Waals surface area contributed by atoms with Gasteiger partial charge in [-0.3, -0.25) is 4.79 Å². The van der Waals surface area contributed by atoms with E-state index in [0.29, 0.717) is 6.61 Å².